The Morgan fingerprint density at radius 2 is 0.912 bits per heavy atom. The van der Waals surface area contributed by atoms with E-state index in [-0.39, 0.29) is 12.1 Å². The molecule has 0 bridgehead atoms. The third-order valence-electron chi connectivity index (χ3n) is 13.3. The van der Waals surface area contributed by atoms with Gasteiger partial charge in [0.25, 0.3) is 6.71 Å². The van der Waals surface area contributed by atoms with Crippen LogP contribution in [0.4, 0.5) is 0 Å². The molecule has 11 aromatic rings. The number of hydrogen-bond acceptors (Lipinski definition) is 7. The lowest BCUT2D eigenvalue weighted by Gasteiger charge is -2.34. The first-order valence-electron chi connectivity index (χ1n) is 23.1. The van der Waals surface area contributed by atoms with Gasteiger partial charge in [-0.2, -0.15) is 0 Å². The van der Waals surface area contributed by atoms with E-state index in [0.717, 1.165) is 94.3 Å². The molecule has 0 aliphatic carbocycles. The summed E-state index contributed by atoms with van der Waals surface area (Å²) >= 11 is 0. The lowest BCUT2D eigenvalue weighted by molar-refractivity contribution is 0.482. The molecule has 0 spiro atoms. The summed E-state index contributed by atoms with van der Waals surface area (Å²) in [6.45, 7) is 8.77. The zero-order valence-electron chi connectivity index (χ0n) is 37.9. The Labute approximate surface area is 394 Å². The highest BCUT2D eigenvalue weighted by Crippen LogP contribution is 2.41. The van der Waals surface area contributed by atoms with Crippen molar-refractivity contribution in [3.05, 3.63) is 193 Å². The van der Waals surface area contributed by atoms with Crippen molar-refractivity contribution in [3.63, 3.8) is 0 Å². The summed E-state index contributed by atoms with van der Waals surface area (Å²) in [6, 6.07) is 63.0. The molecule has 0 N–H and O–H groups in total. The molecule has 2 aliphatic heterocycles. The molecule has 5 heterocycles. The van der Waals surface area contributed by atoms with Gasteiger partial charge in [-0.05, 0) is 82.3 Å². The summed E-state index contributed by atoms with van der Waals surface area (Å²) < 4.78 is 9.42. The van der Waals surface area contributed by atoms with Crippen LogP contribution in [0, 0.1) is 6.92 Å². The van der Waals surface area contributed by atoms with Crippen molar-refractivity contribution in [2.75, 3.05) is 0 Å². The van der Waals surface area contributed by atoms with Crippen molar-refractivity contribution < 1.29 is 4.74 Å². The predicted octanol–water partition coefficient (Wildman–Crippen LogP) is 11.7. The van der Waals surface area contributed by atoms with Gasteiger partial charge in [-0.15, -0.1) is 0 Å². The topological polar surface area (TPSA) is 91.5 Å². The first-order valence-corrected chi connectivity index (χ1v) is 23.1. The van der Waals surface area contributed by atoms with Crippen molar-refractivity contribution in [1.82, 2.24) is 34.5 Å². The average molecular weight is 876 g/mol. The number of ether oxygens (including phenoxy) is 1. The summed E-state index contributed by atoms with van der Waals surface area (Å²) in [7, 11) is 0. The van der Waals surface area contributed by atoms with E-state index in [0.29, 0.717) is 34.9 Å². The third-order valence-corrected chi connectivity index (χ3v) is 13.3. The van der Waals surface area contributed by atoms with Crippen LogP contribution in [0.15, 0.2) is 182 Å². The van der Waals surface area contributed by atoms with Crippen LogP contribution in [0.3, 0.4) is 0 Å². The minimum absolute atomic E-state index is 0.0613. The van der Waals surface area contributed by atoms with Crippen molar-refractivity contribution in [2.45, 2.75) is 33.1 Å². The average Bonchev–Trinajstić information content (AvgIpc) is 3.71. The van der Waals surface area contributed by atoms with Gasteiger partial charge in [-0.3, -0.25) is 0 Å². The van der Waals surface area contributed by atoms with Gasteiger partial charge in [0.05, 0.1) is 5.52 Å². The van der Waals surface area contributed by atoms with Gasteiger partial charge >= 0.3 is 0 Å². The van der Waals surface area contributed by atoms with Crippen LogP contribution in [0.25, 0.3) is 95.8 Å². The Morgan fingerprint density at radius 1 is 0.426 bits per heavy atom. The molecule has 0 atom stereocenters. The maximum Gasteiger partial charge on any atom is 0.256 e. The quantitative estimate of drug-likeness (QED) is 0.154. The molecule has 0 saturated carbocycles. The summed E-state index contributed by atoms with van der Waals surface area (Å²) in [5, 5.41) is 2.13. The van der Waals surface area contributed by atoms with Crippen LogP contribution in [-0.4, -0.2) is 41.2 Å². The molecule has 68 heavy (non-hydrogen) atoms. The van der Waals surface area contributed by atoms with Crippen LogP contribution in [-0.2, 0) is 5.41 Å². The van der Waals surface area contributed by atoms with Gasteiger partial charge < -0.3 is 9.30 Å². The zero-order valence-corrected chi connectivity index (χ0v) is 37.9. The first-order chi connectivity index (χ1) is 33.2. The number of aromatic nitrogens is 7. The molecule has 0 radical (unpaired) electrons. The van der Waals surface area contributed by atoms with E-state index < -0.39 is 0 Å². The van der Waals surface area contributed by atoms with Crippen molar-refractivity contribution >= 4 is 44.9 Å². The molecule has 9 heteroatoms. The fourth-order valence-corrected chi connectivity index (χ4v) is 10.0. The molecular weight excluding hydrogens is 834 g/mol. The highest BCUT2D eigenvalue weighted by atomic mass is 16.5. The third kappa shape index (κ3) is 6.53. The van der Waals surface area contributed by atoms with E-state index in [2.05, 4.69) is 117 Å². The summed E-state index contributed by atoms with van der Waals surface area (Å²) in [5.74, 6) is 5.39. The molecule has 0 amide bonds. The smallest absolute Gasteiger partial charge is 0.256 e. The minimum Gasteiger partial charge on any atom is -0.458 e. The van der Waals surface area contributed by atoms with Gasteiger partial charge in [-0.25, -0.2) is 29.9 Å². The molecule has 0 fully saturated rings. The van der Waals surface area contributed by atoms with Gasteiger partial charge in [0, 0.05) is 55.4 Å². The van der Waals surface area contributed by atoms with E-state index in [1.54, 1.807) is 0 Å². The van der Waals surface area contributed by atoms with E-state index >= 15 is 0 Å². The molecule has 0 unspecified atom stereocenters. The van der Waals surface area contributed by atoms with E-state index in [4.69, 9.17) is 34.6 Å². The van der Waals surface area contributed by atoms with Crippen LogP contribution in [0.5, 0.6) is 11.5 Å². The largest absolute Gasteiger partial charge is 0.458 e. The highest BCUT2D eigenvalue weighted by Gasteiger charge is 2.41. The normalized spacial score (nSPS) is 12.5. The fraction of sp³-hybridized carbons (Fsp3) is 0.0847. The summed E-state index contributed by atoms with van der Waals surface area (Å²) in [6.07, 6.45) is 0. The minimum atomic E-state index is -0.133. The molecule has 3 aromatic heterocycles. The van der Waals surface area contributed by atoms with Crippen LogP contribution >= 0.6 is 0 Å². The first kappa shape index (κ1) is 39.8. The summed E-state index contributed by atoms with van der Waals surface area (Å²) in [4.78, 5) is 30.9. The van der Waals surface area contributed by atoms with E-state index in [9.17, 15) is 0 Å². The van der Waals surface area contributed by atoms with E-state index in [1.807, 2.05) is 97.1 Å². The van der Waals surface area contributed by atoms with Crippen LogP contribution in [0.1, 0.15) is 31.9 Å². The number of hydrogen-bond donors (Lipinski definition) is 0. The molecular formula is C59H42BN7O. The number of benzene rings is 8. The van der Waals surface area contributed by atoms with Crippen molar-refractivity contribution in [3.8, 4) is 85.5 Å². The Balaban J connectivity index is 1.11. The molecule has 0 saturated heterocycles. The second-order valence-electron chi connectivity index (χ2n) is 18.8. The standard InChI is InChI=1S/C59H42BN7O/c1-35-29-48-51-50(30-35)68-49-34-42(59(2,3)4)26-27-45(49)60(51)46-33-41(58-65-55(38-21-13-7-14-22-38)62-56(66-58)39-23-15-8-16-24-39)32-44-43-31-40(25-28-47(43)67(48)52(44)46)57-63-53(36-17-9-5-10-18-36)61-54(64-57)37-19-11-6-12-20-37/h5-34H,1-4H3. The summed E-state index contributed by atoms with van der Waals surface area (Å²) in [5.41, 5.74) is 14.5. The number of nitrogens with zero attached hydrogens (tertiary/aromatic N) is 7. The van der Waals surface area contributed by atoms with Crippen LogP contribution < -0.4 is 21.1 Å². The number of fused-ring (bicyclic) bond motifs is 7. The second kappa shape index (κ2) is 15.3. The van der Waals surface area contributed by atoms with Gasteiger partial charge in [0.1, 0.15) is 11.5 Å². The van der Waals surface area contributed by atoms with Gasteiger partial charge in [0.15, 0.2) is 34.9 Å². The monoisotopic (exact) mass is 875 g/mol. The number of aryl methyl sites for hydroxylation is 1. The van der Waals surface area contributed by atoms with Gasteiger partial charge in [-0.1, -0.05) is 160 Å². The lowest BCUT2D eigenvalue weighted by atomic mass is 9.34. The molecule has 13 rings (SSSR count). The van der Waals surface area contributed by atoms with Gasteiger partial charge in [0.2, 0.25) is 0 Å². The van der Waals surface area contributed by atoms with Crippen LogP contribution in [0.2, 0.25) is 0 Å². The fourth-order valence-electron chi connectivity index (χ4n) is 10.0. The zero-order chi connectivity index (χ0) is 45.7. The van der Waals surface area contributed by atoms with E-state index in [1.165, 1.54) is 5.56 Å². The lowest BCUT2D eigenvalue weighted by Crippen LogP contribution is -2.58. The molecule has 8 aromatic carbocycles. The SMILES string of the molecule is Cc1cc2c3c(c1)-n1c4ccc(-c5nc(-c6ccccc6)nc(-c6ccccc6)n5)cc4c4cc(-c5nc(-c6ccccc6)nc(-c6ccccc6)n5)cc(c41)B3c1ccc(C(C)(C)C)cc1O2. The van der Waals surface area contributed by atoms with Crippen molar-refractivity contribution in [1.29, 1.82) is 0 Å². The Morgan fingerprint density at radius 3 is 1.43 bits per heavy atom. The molecule has 2 aliphatic rings. The van der Waals surface area contributed by atoms with Crippen molar-refractivity contribution in [2.24, 2.45) is 0 Å². The Hall–Kier alpha value is -8.56. The maximum absolute atomic E-state index is 6.99. The molecule has 8 nitrogen and oxygen atoms in total. The maximum atomic E-state index is 6.99. The Kier molecular flexibility index (Phi) is 8.92. The highest BCUT2D eigenvalue weighted by molar-refractivity contribution is 6.99. The second-order valence-corrected chi connectivity index (χ2v) is 18.8. The Bertz CT molecular complexity index is 3700. The predicted molar refractivity (Wildman–Crippen MR) is 275 cm³/mol. The molecule has 322 valence electrons. The number of rotatable bonds is 6.